The van der Waals surface area contributed by atoms with E-state index in [1.807, 2.05) is 18.3 Å². The summed E-state index contributed by atoms with van der Waals surface area (Å²) in [5, 5.41) is 14.4. The maximum Gasteiger partial charge on any atom is 0.141 e. The molecule has 0 aliphatic carbocycles. The molecule has 0 amide bonds. The summed E-state index contributed by atoms with van der Waals surface area (Å²) >= 11 is 6.77. The summed E-state index contributed by atoms with van der Waals surface area (Å²) in [5.74, 6) is 0.989. The lowest BCUT2D eigenvalue weighted by atomic mass is 9.85. The van der Waals surface area contributed by atoms with Crippen LogP contribution in [-0.2, 0) is 6.42 Å². The average Bonchev–Trinajstić information content (AvgIpc) is 3.54. The number of aryl methyl sites for hydroxylation is 1. The molecule has 10 aromatic rings. The molecule has 0 fully saturated rings. The quantitative estimate of drug-likeness (QED) is 0.165. The molecule has 0 atom stereocenters. The highest BCUT2D eigenvalue weighted by Crippen LogP contribution is 2.45. The van der Waals surface area contributed by atoms with E-state index >= 15 is 0 Å². The maximum absolute atomic E-state index is 6.77. The zero-order chi connectivity index (χ0) is 34.3. The van der Waals surface area contributed by atoms with Crippen LogP contribution in [0.3, 0.4) is 0 Å². The number of rotatable bonds is 3. The van der Waals surface area contributed by atoms with Crippen molar-refractivity contribution < 1.29 is 0 Å². The number of hydrogen-bond donors (Lipinski definition) is 0. The highest BCUT2D eigenvalue weighted by atomic mass is 35.5. The highest BCUT2D eigenvalue weighted by Gasteiger charge is 2.22. The van der Waals surface area contributed by atoms with Gasteiger partial charge in [-0.1, -0.05) is 121 Å². The minimum atomic E-state index is 0.787. The smallest absolute Gasteiger partial charge is 0.141 e. The first-order valence-electron chi connectivity index (χ1n) is 17.9. The zero-order valence-electron chi connectivity index (χ0n) is 28.3. The molecular weight excluding hydrogens is 652 g/mol. The minimum Gasteiger partial charge on any atom is -0.294 e. The van der Waals surface area contributed by atoms with Gasteiger partial charge in [0.1, 0.15) is 5.82 Å². The van der Waals surface area contributed by atoms with E-state index in [2.05, 4.69) is 150 Å². The van der Waals surface area contributed by atoms with Crippen molar-refractivity contribution in [2.45, 2.75) is 12.8 Å². The fraction of sp³-hybridized carbons (Fsp3) is 0.0408. The van der Waals surface area contributed by atoms with E-state index in [0.29, 0.717) is 0 Å². The van der Waals surface area contributed by atoms with Gasteiger partial charge in [-0.2, -0.15) is 0 Å². The summed E-state index contributed by atoms with van der Waals surface area (Å²) in [6, 6.07) is 57.8. The molecule has 52 heavy (non-hydrogen) atoms. The van der Waals surface area contributed by atoms with E-state index < -0.39 is 0 Å². The van der Waals surface area contributed by atoms with Crippen molar-refractivity contribution in [2.24, 2.45) is 4.99 Å². The van der Waals surface area contributed by atoms with Crippen molar-refractivity contribution in [3.8, 4) is 27.9 Å². The fourth-order valence-electron chi connectivity index (χ4n) is 8.73. The molecule has 0 saturated carbocycles. The van der Waals surface area contributed by atoms with E-state index in [0.717, 1.165) is 40.3 Å². The fourth-order valence-corrected chi connectivity index (χ4v) is 9.01. The third-order valence-electron chi connectivity index (χ3n) is 11.0. The van der Waals surface area contributed by atoms with Gasteiger partial charge in [0.15, 0.2) is 0 Å². The molecule has 0 unspecified atom stereocenters. The number of hydrogen-bond acceptors (Lipinski definition) is 1. The number of benzene rings is 9. The van der Waals surface area contributed by atoms with Gasteiger partial charge in [0, 0.05) is 22.9 Å². The standard InChI is InChI=1S/C49H31ClN2/c50-44-16-7-17-45-48(44)43-15-8-24-51-49(43)52(45)38-23-22-32-26-35(21-19-34(32)29-38)46-39-11-3-5-13-41(39)47(42-14-6-4-12-40(42)46)36-20-18-33-25-30-9-1-2-10-31(30)27-37(33)28-36/h1-7,9-14,16-29H,8,15H2. The van der Waals surface area contributed by atoms with Gasteiger partial charge in [0.25, 0.3) is 0 Å². The van der Waals surface area contributed by atoms with Crippen LogP contribution in [0, 0.1) is 0 Å². The maximum atomic E-state index is 6.77. The first-order chi connectivity index (χ1) is 25.7. The van der Waals surface area contributed by atoms with Crippen molar-refractivity contribution in [3.63, 3.8) is 0 Å². The van der Waals surface area contributed by atoms with Crippen LogP contribution in [0.15, 0.2) is 163 Å². The van der Waals surface area contributed by atoms with Crippen LogP contribution in [0.4, 0.5) is 5.82 Å². The van der Waals surface area contributed by atoms with Crippen molar-refractivity contribution >= 4 is 88.4 Å². The molecule has 11 rings (SSSR count). The Bertz CT molecular complexity index is 3090. The van der Waals surface area contributed by atoms with Gasteiger partial charge in [-0.25, -0.2) is 4.99 Å². The topological polar surface area (TPSA) is 17.3 Å². The Kier molecular flexibility index (Phi) is 6.47. The van der Waals surface area contributed by atoms with Gasteiger partial charge in [-0.05, 0) is 137 Å². The molecule has 9 aromatic carbocycles. The summed E-state index contributed by atoms with van der Waals surface area (Å²) < 4.78 is 2.27. The molecule has 3 heteroatoms. The number of fused-ring (bicyclic) bond motifs is 8. The van der Waals surface area contributed by atoms with Crippen LogP contribution in [0.25, 0.3) is 92.7 Å². The van der Waals surface area contributed by atoms with Crippen LogP contribution in [0.5, 0.6) is 0 Å². The van der Waals surface area contributed by atoms with Crippen LogP contribution in [0.1, 0.15) is 12.0 Å². The zero-order valence-corrected chi connectivity index (χ0v) is 29.0. The van der Waals surface area contributed by atoms with E-state index in [1.54, 1.807) is 0 Å². The lowest BCUT2D eigenvalue weighted by Gasteiger charge is -2.18. The number of nitrogens with zero attached hydrogens (tertiary/aromatic N) is 2. The van der Waals surface area contributed by atoms with E-state index in [4.69, 9.17) is 16.6 Å². The Morgan fingerprint density at radius 2 is 1.02 bits per heavy atom. The normalized spacial score (nSPS) is 12.9. The Labute approximate surface area is 305 Å². The molecule has 0 radical (unpaired) electrons. The lowest BCUT2D eigenvalue weighted by molar-refractivity contribution is 1.00. The molecule has 2 nitrogen and oxygen atoms in total. The van der Waals surface area contributed by atoms with Gasteiger partial charge in [0.2, 0.25) is 0 Å². The monoisotopic (exact) mass is 682 g/mol. The predicted octanol–water partition coefficient (Wildman–Crippen LogP) is 14.0. The molecule has 1 aliphatic rings. The number of aliphatic imine (C=N–C) groups is 1. The summed E-state index contributed by atoms with van der Waals surface area (Å²) in [6.07, 6.45) is 3.91. The predicted molar refractivity (Wildman–Crippen MR) is 223 cm³/mol. The second-order valence-electron chi connectivity index (χ2n) is 14.0. The van der Waals surface area contributed by atoms with E-state index in [-0.39, 0.29) is 0 Å². The van der Waals surface area contributed by atoms with E-state index in [1.165, 1.54) is 81.7 Å². The third-order valence-corrected chi connectivity index (χ3v) is 11.4. The van der Waals surface area contributed by atoms with Crippen LogP contribution >= 0.6 is 11.6 Å². The summed E-state index contributed by atoms with van der Waals surface area (Å²) in [6.45, 7) is 0. The third kappa shape index (κ3) is 4.41. The SMILES string of the molecule is Clc1cccc2c1c1c(n2-c2ccc3cc(-c4c5ccccc5c(-c5ccc6cc7ccccc7cc6c5)c5ccccc45)ccc3c2)N=CCC1. The lowest BCUT2D eigenvalue weighted by Crippen LogP contribution is -1.97. The molecule has 244 valence electrons. The Balaban J connectivity index is 1.09. The van der Waals surface area contributed by atoms with Gasteiger partial charge >= 0.3 is 0 Å². The Morgan fingerprint density at radius 3 is 1.69 bits per heavy atom. The summed E-state index contributed by atoms with van der Waals surface area (Å²) in [5.41, 5.74) is 8.42. The Hall–Kier alpha value is -6.22. The average molecular weight is 683 g/mol. The van der Waals surface area contributed by atoms with Crippen molar-refractivity contribution in [3.05, 3.63) is 168 Å². The van der Waals surface area contributed by atoms with Crippen molar-refractivity contribution in [1.29, 1.82) is 0 Å². The van der Waals surface area contributed by atoms with Crippen LogP contribution in [-0.4, -0.2) is 10.8 Å². The molecule has 0 N–H and O–H groups in total. The van der Waals surface area contributed by atoms with Crippen molar-refractivity contribution in [1.82, 2.24) is 4.57 Å². The molecule has 0 spiro atoms. The molecule has 1 aromatic heterocycles. The highest BCUT2D eigenvalue weighted by molar-refractivity contribution is 6.36. The summed E-state index contributed by atoms with van der Waals surface area (Å²) in [7, 11) is 0. The van der Waals surface area contributed by atoms with Crippen LogP contribution < -0.4 is 0 Å². The summed E-state index contributed by atoms with van der Waals surface area (Å²) in [4.78, 5) is 4.87. The van der Waals surface area contributed by atoms with Crippen LogP contribution in [0.2, 0.25) is 5.02 Å². The first-order valence-corrected chi connectivity index (χ1v) is 18.3. The molecule has 1 aliphatic heterocycles. The van der Waals surface area contributed by atoms with Gasteiger partial charge in [-0.3, -0.25) is 4.57 Å². The molecule has 0 saturated heterocycles. The second kappa shape index (κ2) is 11.4. The van der Waals surface area contributed by atoms with Gasteiger partial charge < -0.3 is 0 Å². The van der Waals surface area contributed by atoms with Gasteiger partial charge in [-0.15, -0.1) is 0 Å². The number of aromatic nitrogens is 1. The Morgan fingerprint density at radius 1 is 0.481 bits per heavy atom. The van der Waals surface area contributed by atoms with E-state index in [9.17, 15) is 0 Å². The second-order valence-corrected chi connectivity index (χ2v) is 14.4. The molecular formula is C49H31ClN2. The van der Waals surface area contributed by atoms with Gasteiger partial charge in [0.05, 0.1) is 10.5 Å². The van der Waals surface area contributed by atoms with Crippen molar-refractivity contribution in [2.75, 3.05) is 0 Å². The molecule has 2 heterocycles. The largest absolute Gasteiger partial charge is 0.294 e. The number of halogens is 1. The minimum absolute atomic E-state index is 0.787. The molecule has 0 bridgehead atoms. The first kappa shape index (κ1) is 29.5.